The fourth-order valence-electron chi connectivity index (χ4n) is 2.19. The Bertz CT molecular complexity index is 783. The van der Waals surface area contributed by atoms with Crippen molar-refractivity contribution in [3.8, 4) is 11.1 Å². The maximum atomic E-state index is 13.5. The van der Waals surface area contributed by atoms with Crippen molar-refractivity contribution in [3.05, 3.63) is 70.7 Å². The van der Waals surface area contributed by atoms with Crippen LogP contribution in [0.1, 0.15) is 5.56 Å². The molecule has 0 atom stereocenters. The highest BCUT2D eigenvalue weighted by molar-refractivity contribution is 9.10. The number of hydrogen-bond donors (Lipinski definition) is 1. The van der Waals surface area contributed by atoms with Gasteiger partial charge in [-0.15, -0.1) is 0 Å². The minimum Gasteiger partial charge on any atom is -0.398 e. The van der Waals surface area contributed by atoms with Gasteiger partial charge in [0, 0.05) is 23.0 Å². The molecule has 0 aliphatic rings. The molecule has 0 saturated carbocycles. The molecule has 3 nitrogen and oxygen atoms in total. The van der Waals surface area contributed by atoms with Crippen molar-refractivity contribution in [2.24, 2.45) is 0 Å². The predicted octanol–water partition coefficient (Wildman–Crippen LogP) is 4.08. The van der Waals surface area contributed by atoms with Gasteiger partial charge in [-0.1, -0.05) is 30.3 Å². The number of nitrogens with zero attached hydrogens (tertiary/aromatic N) is 2. The molecule has 0 aliphatic heterocycles. The second-order valence-electron chi connectivity index (χ2n) is 4.73. The van der Waals surface area contributed by atoms with Gasteiger partial charge in [0.05, 0.1) is 17.2 Å². The molecule has 2 aromatic carbocycles. The number of aromatic nitrogens is 2. The van der Waals surface area contributed by atoms with Gasteiger partial charge in [-0.25, -0.2) is 4.39 Å². The molecule has 0 fully saturated rings. The van der Waals surface area contributed by atoms with E-state index >= 15 is 0 Å². The number of hydrogen-bond acceptors (Lipinski definition) is 2. The van der Waals surface area contributed by atoms with Crippen molar-refractivity contribution in [3.63, 3.8) is 0 Å². The van der Waals surface area contributed by atoms with Gasteiger partial charge in [0.15, 0.2) is 0 Å². The lowest BCUT2D eigenvalue weighted by Gasteiger charge is -2.05. The molecular weight excluding hydrogens is 333 g/mol. The summed E-state index contributed by atoms with van der Waals surface area (Å²) in [5, 5.41) is 4.32. The van der Waals surface area contributed by atoms with Crippen molar-refractivity contribution in [1.82, 2.24) is 9.78 Å². The average Bonchev–Trinajstić information content (AvgIpc) is 2.93. The standard InChI is InChI=1S/C16H13BrFN3/c17-16-11(4-3-6-14(16)18)9-21-10-12(8-20-21)13-5-1-2-7-15(13)19/h1-8,10H,9,19H2. The van der Waals surface area contributed by atoms with E-state index in [9.17, 15) is 4.39 Å². The van der Waals surface area contributed by atoms with Gasteiger partial charge in [-0.2, -0.15) is 5.10 Å². The molecule has 21 heavy (non-hydrogen) atoms. The van der Waals surface area contributed by atoms with Crippen LogP contribution in [0.15, 0.2) is 59.3 Å². The van der Waals surface area contributed by atoms with Crippen molar-refractivity contribution < 1.29 is 4.39 Å². The van der Waals surface area contributed by atoms with Crippen molar-refractivity contribution in [2.45, 2.75) is 6.54 Å². The highest BCUT2D eigenvalue weighted by Gasteiger charge is 2.08. The predicted molar refractivity (Wildman–Crippen MR) is 85.3 cm³/mol. The van der Waals surface area contributed by atoms with E-state index in [-0.39, 0.29) is 5.82 Å². The molecule has 106 valence electrons. The van der Waals surface area contributed by atoms with Crippen LogP contribution in [0.4, 0.5) is 10.1 Å². The van der Waals surface area contributed by atoms with E-state index in [1.54, 1.807) is 16.9 Å². The molecule has 0 aliphatic carbocycles. The Morgan fingerprint density at radius 3 is 2.76 bits per heavy atom. The first kappa shape index (κ1) is 13.8. The van der Waals surface area contributed by atoms with E-state index in [0.29, 0.717) is 16.7 Å². The summed E-state index contributed by atoms with van der Waals surface area (Å²) < 4.78 is 15.8. The van der Waals surface area contributed by atoms with Crippen molar-refractivity contribution >= 4 is 21.6 Å². The molecule has 1 aromatic heterocycles. The number of nitrogen functional groups attached to an aromatic ring is 1. The van der Waals surface area contributed by atoms with Gasteiger partial charge in [-0.05, 0) is 33.6 Å². The van der Waals surface area contributed by atoms with Crippen LogP contribution in [0.3, 0.4) is 0 Å². The molecule has 3 rings (SSSR count). The first-order chi connectivity index (χ1) is 10.1. The quantitative estimate of drug-likeness (QED) is 0.726. The summed E-state index contributed by atoms with van der Waals surface area (Å²) in [6.07, 6.45) is 3.67. The van der Waals surface area contributed by atoms with Crippen LogP contribution in [0.25, 0.3) is 11.1 Å². The molecule has 0 bridgehead atoms. The highest BCUT2D eigenvalue weighted by Crippen LogP contribution is 2.26. The van der Waals surface area contributed by atoms with E-state index in [2.05, 4.69) is 21.0 Å². The Kier molecular flexibility index (Phi) is 3.75. The molecule has 2 N–H and O–H groups in total. The van der Waals surface area contributed by atoms with Crippen LogP contribution in [0, 0.1) is 5.82 Å². The van der Waals surface area contributed by atoms with Gasteiger partial charge in [0.25, 0.3) is 0 Å². The number of anilines is 1. The van der Waals surface area contributed by atoms with Crippen molar-refractivity contribution in [1.29, 1.82) is 0 Å². The van der Waals surface area contributed by atoms with Crippen LogP contribution < -0.4 is 5.73 Å². The van der Waals surface area contributed by atoms with Crippen LogP contribution in [0.5, 0.6) is 0 Å². The molecule has 0 amide bonds. The molecule has 0 radical (unpaired) electrons. The number of rotatable bonds is 3. The normalized spacial score (nSPS) is 10.8. The van der Waals surface area contributed by atoms with Crippen LogP contribution >= 0.6 is 15.9 Å². The second kappa shape index (κ2) is 5.69. The summed E-state index contributed by atoms with van der Waals surface area (Å²) in [6.45, 7) is 0.491. The maximum absolute atomic E-state index is 13.5. The fourth-order valence-corrected chi connectivity index (χ4v) is 2.58. The van der Waals surface area contributed by atoms with Gasteiger partial charge in [-0.3, -0.25) is 4.68 Å². The van der Waals surface area contributed by atoms with Crippen LogP contribution in [-0.2, 0) is 6.54 Å². The first-order valence-electron chi connectivity index (χ1n) is 6.45. The smallest absolute Gasteiger partial charge is 0.137 e. The van der Waals surface area contributed by atoms with Crippen LogP contribution in [-0.4, -0.2) is 9.78 Å². The zero-order valence-electron chi connectivity index (χ0n) is 11.1. The van der Waals surface area contributed by atoms with E-state index in [4.69, 9.17) is 5.73 Å². The summed E-state index contributed by atoms with van der Waals surface area (Å²) in [4.78, 5) is 0. The fraction of sp³-hybridized carbons (Fsp3) is 0.0625. The number of nitrogens with two attached hydrogens (primary N) is 1. The largest absolute Gasteiger partial charge is 0.398 e. The first-order valence-corrected chi connectivity index (χ1v) is 7.24. The summed E-state index contributed by atoms with van der Waals surface area (Å²) >= 11 is 3.26. The molecule has 3 aromatic rings. The molecule has 0 spiro atoms. The minimum atomic E-state index is -0.271. The lowest BCUT2D eigenvalue weighted by molar-refractivity contribution is 0.611. The van der Waals surface area contributed by atoms with Gasteiger partial charge < -0.3 is 5.73 Å². The maximum Gasteiger partial charge on any atom is 0.137 e. The summed E-state index contributed by atoms with van der Waals surface area (Å²) in [7, 11) is 0. The van der Waals surface area contributed by atoms with Gasteiger partial charge >= 0.3 is 0 Å². The Morgan fingerprint density at radius 2 is 1.95 bits per heavy atom. The Hall–Kier alpha value is -2.14. The van der Waals surface area contributed by atoms with Crippen molar-refractivity contribution in [2.75, 3.05) is 5.73 Å². The monoisotopic (exact) mass is 345 g/mol. The molecule has 0 saturated heterocycles. The number of benzene rings is 2. The third-order valence-electron chi connectivity index (χ3n) is 3.27. The molecular formula is C16H13BrFN3. The summed E-state index contributed by atoms with van der Waals surface area (Å²) in [5.74, 6) is -0.271. The summed E-state index contributed by atoms with van der Waals surface area (Å²) in [6, 6.07) is 12.6. The highest BCUT2D eigenvalue weighted by atomic mass is 79.9. The minimum absolute atomic E-state index is 0.271. The molecule has 1 heterocycles. The Morgan fingerprint density at radius 1 is 1.14 bits per heavy atom. The lowest BCUT2D eigenvalue weighted by atomic mass is 10.1. The van der Waals surface area contributed by atoms with E-state index in [1.807, 2.05) is 36.5 Å². The Labute approximate surface area is 130 Å². The lowest BCUT2D eigenvalue weighted by Crippen LogP contribution is -2.01. The zero-order chi connectivity index (χ0) is 14.8. The number of para-hydroxylation sites is 1. The zero-order valence-corrected chi connectivity index (χ0v) is 12.7. The number of halogens is 2. The average molecular weight is 346 g/mol. The summed E-state index contributed by atoms with van der Waals surface area (Å²) in [5.41, 5.74) is 9.41. The Balaban J connectivity index is 1.89. The van der Waals surface area contributed by atoms with E-state index in [1.165, 1.54) is 6.07 Å². The molecule has 5 heteroatoms. The third-order valence-corrected chi connectivity index (χ3v) is 4.16. The van der Waals surface area contributed by atoms with E-state index < -0.39 is 0 Å². The van der Waals surface area contributed by atoms with E-state index in [0.717, 1.165) is 16.7 Å². The molecule has 0 unspecified atom stereocenters. The SMILES string of the molecule is Nc1ccccc1-c1cnn(Cc2cccc(F)c2Br)c1. The topological polar surface area (TPSA) is 43.8 Å². The van der Waals surface area contributed by atoms with Gasteiger partial charge in [0.2, 0.25) is 0 Å². The van der Waals surface area contributed by atoms with Crippen LogP contribution in [0.2, 0.25) is 0 Å². The second-order valence-corrected chi connectivity index (χ2v) is 5.52. The van der Waals surface area contributed by atoms with Gasteiger partial charge in [0.1, 0.15) is 5.82 Å². The third kappa shape index (κ3) is 2.83.